The number of ether oxygens (including phenoxy) is 1. The van der Waals surface area contributed by atoms with Crippen molar-refractivity contribution < 1.29 is 19.2 Å². The van der Waals surface area contributed by atoms with E-state index >= 15 is 0 Å². The lowest BCUT2D eigenvalue weighted by molar-refractivity contribution is -0.625. The van der Waals surface area contributed by atoms with E-state index in [9.17, 15) is 9.90 Å². The van der Waals surface area contributed by atoms with Crippen LogP contribution in [0.25, 0.3) is 17.1 Å². The monoisotopic (exact) mass is 473 g/mol. The van der Waals surface area contributed by atoms with Gasteiger partial charge in [0.1, 0.15) is 11.4 Å². The Morgan fingerprint density at radius 2 is 1.88 bits per heavy atom. The quantitative estimate of drug-likeness (QED) is 0.177. The van der Waals surface area contributed by atoms with Crippen molar-refractivity contribution >= 4 is 23.4 Å². The summed E-state index contributed by atoms with van der Waals surface area (Å²) in [6.45, 7) is 1.74. The summed E-state index contributed by atoms with van der Waals surface area (Å²) in [6.07, 6.45) is 0. The molecule has 172 valence electrons. The third-order valence-corrected chi connectivity index (χ3v) is 5.92. The van der Waals surface area contributed by atoms with E-state index in [-0.39, 0.29) is 17.4 Å². The van der Waals surface area contributed by atoms with Crippen LogP contribution < -0.4 is 19.8 Å². The molecule has 3 aromatic carbocycles. The molecule has 0 unspecified atom stereocenters. The van der Waals surface area contributed by atoms with Crippen molar-refractivity contribution in [1.29, 1.82) is 0 Å². The van der Waals surface area contributed by atoms with E-state index in [1.54, 1.807) is 26.2 Å². The Bertz CT molecular complexity index is 1300. The Hall–Kier alpha value is -4.11. The van der Waals surface area contributed by atoms with Gasteiger partial charge in [-0.2, -0.15) is 9.67 Å². The number of H-pyrrole nitrogens is 1. The van der Waals surface area contributed by atoms with Crippen LogP contribution in [0.5, 0.6) is 11.5 Å². The molecule has 2 N–H and O–H groups in total. The second kappa shape index (κ2) is 10.7. The van der Waals surface area contributed by atoms with Gasteiger partial charge in [-0.1, -0.05) is 42.5 Å². The number of para-hydroxylation sites is 1. The highest BCUT2D eigenvalue weighted by Gasteiger charge is 2.24. The SMILES string of the molecule is COc1ccc(-c2[nH]nc(SCC(=O)N/N=C(\C)c3cccc([O-])c3)[n+]2-c2ccccc2)cc1. The van der Waals surface area contributed by atoms with Gasteiger partial charge >= 0.3 is 5.16 Å². The maximum atomic E-state index is 12.5. The fourth-order valence-electron chi connectivity index (χ4n) is 3.25. The predicted octanol–water partition coefficient (Wildman–Crippen LogP) is 3.07. The number of benzene rings is 3. The minimum Gasteiger partial charge on any atom is -0.872 e. The fourth-order valence-corrected chi connectivity index (χ4v) is 4.01. The van der Waals surface area contributed by atoms with Crippen LogP contribution in [-0.4, -0.2) is 34.7 Å². The maximum absolute atomic E-state index is 12.5. The number of hydrogen-bond donors (Lipinski definition) is 2. The highest BCUT2D eigenvalue weighted by atomic mass is 32.2. The first kappa shape index (κ1) is 23.1. The number of methoxy groups -OCH3 is 1. The first-order chi connectivity index (χ1) is 16.5. The molecule has 1 amide bonds. The molecule has 0 saturated heterocycles. The third kappa shape index (κ3) is 5.44. The highest BCUT2D eigenvalue weighted by Crippen LogP contribution is 2.22. The molecular weight excluding hydrogens is 450 g/mol. The van der Waals surface area contributed by atoms with Crippen molar-refractivity contribution in [2.24, 2.45) is 5.10 Å². The molecule has 0 aliphatic carbocycles. The minimum atomic E-state index is -0.281. The van der Waals surface area contributed by atoms with Crippen molar-refractivity contribution in [3.63, 3.8) is 0 Å². The van der Waals surface area contributed by atoms with Gasteiger partial charge in [0.05, 0.1) is 29.2 Å². The minimum absolute atomic E-state index is 0.106. The molecule has 8 nitrogen and oxygen atoms in total. The van der Waals surface area contributed by atoms with Crippen LogP contribution in [0, 0.1) is 0 Å². The molecular formula is C25H23N5O3S. The van der Waals surface area contributed by atoms with Gasteiger partial charge < -0.3 is 9.84 Å². The second-order valence-corrected chi connectivity index (χ2v) is 8.25. The Balaban J connectivity index is 1.52. The number of carbonyl (C=O) groups excluding carboxylic acids is 1. The summed E-state index contributed by atoms with van der Waals surface area (Å²) in [6, 6.07) is 23.8. The average Bonchev–Trinajstić information content (AvgIpc) is 3.30. The lowest BCUT2D eigenvalue weighted by Gasteiger charge is -2.07. The van der Waals surface area contributed by atoms with Gasteiger partial charge in [0.2, 0.25) is 0 Å². The summed E-state index contributed by atoms with van der Waals surface area (Å²) in [5.41, 5.74) is 5.60. The molecule has 4 rings (SSSR count). The highest BCUT2D eigenvalue weighted by molar-refractivity contribution is 7.99. The largest absolute Gasteiger partial charge is 0.872 e. The molecule has 34 heavy (non-hydrogen) atoms. The van der Waals surface area contributed by atoms with Crippen LogP contribution >= 0.6 is 11.8 Å². The van der Waals surface area contributed by atoms with Gasteiger partial charge in [0.25, 0.3) is 11.7 Å². The number of aromatic amines is 1. The van der Waals surface area contributed by atoms with Crippen molar-refractivity contribution in [3.8, 4) is 28.6 Å². The van der Waals surface area contributed by atoms with Crippen LogP contribution in [0.15, 0.2) is 89.1 Å². The van der Waals surface area contributed by atoms with Crippen molar-refractivity contribution in [3.05, 3.63) is 84.4 Å². The van der Waals surface area contributed by atoms with Crippen molar-refractivity contribution in [2.75, 3.05) is 12.9 Å². The lowest BCUT2D eigenvalue weighted by Crippen LogP contribution is -2.34. The summed E-state index contributed by atoms with van der Waals surface area (Å²) in [4.78, 5) is 12.5. The molecule has 1 heterocycles. The number of thioether (sulfide) groups is 1. The Kier molecular flexibility index (Phi) is 7.24. The Labute approximate surface area is 201 Å². The van der Waals surface area contributed by atoms with Crippen LogP contribution in [0.1, 0.15) is 12.5 Å². The van der Waals surface area contributed by atoms with Crippen LogP contribution in [0.3, 0.4) is 0 Å². The number of rotatable bonds is 8. The predicted molar refractivity (Wildman–Crippen MR) is 129 cm³/mol. The van der Waals surface area contributed by atoms with E-state index in [0.717, 1.165) is 22.8 Å². The molecule has 0 fully saturated rings. The Morgan fingerprint density at radius 1 is 1.12 bits per heavy atom. The molecule has 9 heteroatoms. The van der Waals surface area contributed by atoms with E-state index in [1.807, 2.05) is 59.2 Å². The number of hydrogen-bond acceptors (Lipinski definition) is 6. The number of aromatic nitrogens is 3. The molecule has 0 aliphatic rings. The zero-order valence-corrected chi connectivity index (χ0v) is 19.5. The van der Waals surface area contributed by atoms with Gasteiger partial charge in [0.15, 0.2) is 0 Å². The fraction of sp³-hybridized carbons (Fsp3) is 0.120. The first-order valence-electron chi connectivity index (χ1n) is 10.5. The van der Waals surface area contributed by atoms with Crippen molar-refractivity contribution in [2.45, 2.75) is 12.1 Å². The van der Waals surface area contributed by atoms with E-state index in [0.29, 0.717) is 16.4 Å². The molecule has 1 aromatic heterocycles. The smallest absolute Gasteiger partial charge is 0.342 e. The van der Waals surface area contributed by atoms with E-state index in [1.165, 1.54) is 23.9 Å². The first-order valence-corrected chi connectivity index (χ1v) is 11.5. The third-order valence-electron chi connectivity index (χ3n) is 4.98. The van der Waals surface area contributed by atoms with E-state index in [4.69, 9.17) is 4.74 Å². The van der Waals surface area contributed by atoms with Crippen LogP contribution in [-0.2, 0) is 4.79 Å². The van der Waals surface area contributed by atoms with E-state index < -0.39 is 0 Å². The maximum Gasteiger partial charge on any atom is 0.342 e. The molecule has 0 saturated carbocycles. The number of nitrogens with one attached hydrogen (secondary N) is 2. The molecule has 0 atom stereocenters. The molecule has 0 radical (unpaired) electrons. The summed E-state index contributed by atoms with van der Waals surface area (Å²) in [5, 5.41) is 23.8. The normalized spacial score (nSPS) is 11.3. The van der Waals surface area contributed by atoms with Gasteiger partial charge in [-0.15, -0.1) is 10.8 Å². The van der Waals surface area contributed by atoms with Gasteiger partial charge in [-0.3, -0.25) is 4.79 Å². The molecule has 0 bridgehead atoms. The van der Waals surface area contributed by atoms with Gasteiger partial charge in [-0.05, 0) is 60.6 Å². The number of amides is 1. The number of nitrogens with zero attached hydrogens (tertiary/aromatic N) is 3. The zero-order valence-electron chi connectivity index (χ0n) is 18.7. The van der Waals surface area contributed by atoms with Crippen molar-refractivity contribution in [1.82, 2.24) is 15.6 Å². The molecule has 0 spiro atoms. The topological polar surface area (TPSA) is 106 Å². The lowest BCUT2D eigenvalue weighted by atomic mass is 10.1. The number of hydrazone groups is 1. The summed E-state index contributed by atoms with van der Waals surface area (Å²) >= 11 is 1.29. The van der Waals surface area contributed by atoms with E-state index in [2.05, 4.69) is 20.7 Å². The summed E-state index contributed by atoms with van der Waals surface area (Å²) < 4.78 is 7.22. The Morgan fingerprint density at radius 3 is 2.59 bits per heavy atom. The summed E-state index contributed by atoms with van der Waals surface area (Å²) in [7, 11) is 1.63. The summed E-state index contributed by atoms with van der Waals surface area (Å²) in [5.74, 6) is 1.27. The molecule has 4 aromatic rings. The average molecular weight is 474 g/mol. The second-order valence-electron chi connectivity index (χ2n) is 7.30. The zero-order chi connectivity index (χ0) is 23.9. The van der Waals surface area contributed by atoms with Gasteiger partial charge in [-0.25, -0.2) is 5.43 Å². The van der Waals surface area contributed by atoms with Gasteiger partial charge in [0, 0.05) is 0 Å². The standard InChI is InChI=1S/C25H23N5O3S/c1-17(19-7-6-10-21(31)15-19)26-27-23(32)16-34-25-29-28-24(18-11-13-22(33-2)14-12-18)30(25)20-8-4-3-5-9-20/h3-15H,16H2,1-2H3,(H2,27,31,32)/b26-17+. The van der Waals surface area contributed by atoms with Crippen LogP contribution in [0.2, 0.25) is 0 Å². The molecule has 0 aliphatic heterocycles. The van der Waals surface area contributed by atoms with Crippen LogP contribution in [0.4, 0.5) is 0 Å². The number of carbonyl (C=O) groups is 1.